The maximum Gasteiger partial charge on any atom is 0.186 e. The van der Waals surface area contributed by atoms with Crippen LogP contribution in [0.2, 0.25) is 5.02 Å². The van der Waals surface area contributed by atoms with E-state index in [1.165, 1.54) is 0 Å². The number of nitrogens with zero attached hydrogens (tertiary/aromatic N) is 3. The topological polar surface area (TPSA) is 111 Å². The summed E-state index contributed by atoms with van der Waals surface area (Å²) in [6.07, 6.45) is 6.80. The van der Waals surface area contributed by atoms with Crippen molar-refractivity contribution in [2.24, 2.45) is 16.5 Å². The van der Waals surface area contributed by atoms with Crippen molar-refractivity contribution in [2.75, 3.05) is 12.4 Å². The lowest BCUT2D eigenvalue weighted by atomic mass is 10.1. The van der Waals surface area contributed by atoms with Gasteiger partial charge in [0.1, 0.15) is 11.6 Å². The zero-order valence-corrected chi connectivity index (χ0v) is 20.5. The fraction of sp³-hybridized carbons (Fsp3) is 0.261. The summed E-state index contributed by atoms with van der Waals surface area (Å²) in [4.78, 5) is 13.9. The number of aliphatic imine (C=N–C) groups is 1. The van der Waals surface area contributed by atoms with E-state index in [9.17, 15) is 0 Å². The number of aromatic nitrogens is 2. The number of hydrogen-bond donors (Lipinski definition) is 3. The average molecular weight is 510 g/mol. The van der Waals surface area contributed by atoms with Gasteiger partial charge in [0.15, 0.2) is 11.8 Å². The fourth-order valence-electron chi connectivity index (χ4n) is 3.81. The van der Waals surface area contributed by atoms with Crippen molar-refractivity contribution in [3.63, 3.8) is 0 Å². The minimum absolute atomic E-state index is 0. The number of methoxy groups -OCH3 is 1. The van der Waals surface area contributed by atoms with E-state index in [1.807, 2.05) is 54.6 Å². The molecule has 10 heteroatoms. The highest BCUT2D eigenvalue weighted by Crippen LogP contribution is 2.30. The Morgan fingerprint density at radius 2 is 1.85 bits per heavy atom. The summed E-state index contributed by atoms with van der Waals surface area (Å²) in [5, 5.41) is 5.15. The molecule has 1 aliphatic rings. The predicted molar refractivity (Wildman–Crippen MR) is 142 cm³/mol. The highest BCUT2D eigenvalue weighted by molar-refractivity contribution is 6.30. The van der Waals surface area contributed by atoms with Gasteiger partial charge in [-0.3, -0.25) is 0 Å². The smallest absolute Gasteiger partial charge is 0.186 e. The Labute approximate surface area is 210 Å². The van der Waals surface area contributed by atoms with Crippen LogP contribution in [0.25, 0.3) is 23.1 Å². The van der Waals surface area contributed by atoms with E-state index in [-0.39, 0.29) is 42.9 Å². The quantitative estimate of drug-likeness (QED) is 0.321. The molecule has 2 atom stereocenters. The molecule has 1 saturated carbocycles. The fourth-order valence-corrected chi connectivity index (χ4v) is 3.94. The first kappa shape index (κ1) is 26.5. The number of anilines is 1. The third-order valence-electron chi connectivity index (χ3n) is 5.33. The normalized spacial score (nSPS) is 17.3. The average Bonchev–Trinajstić information content (AvgIpc) is 3.19. The second kappa shape index (κ2) is 11.9. The Balaban J connectivity index is 0.00000193. The lowest BCUT2D eigenvalue weighted by Crippen LogP contribution is -2.32. The molecular weight excluding hydrogens is 483 g/mol. The summed E-state index contributed by atoms with van der Waals surface area (Å²) in [5.74, 6) is 2.20. The molecule has 5 N–H and O–H groups in total. The molecule has 0 saturated heterocycles. The van der Waals surface area contributed by atoms with Gasteiger partial charge in [0.05, 0.1) is 24.7 Å². The number of ether oxygens (including phenoxy) is 1. The summed E-state index contributed by atoms with van der Waals surface area (Å²) in [6.45, 7) is 0. The lowest BCUT2D eigenvalue weighted by Gasteiger charge is -2.20. The summed E-state index contributed by atoms with van der Waals surface area (Å²) < 4.78 is 5.40. The van der Waals surface area contributed by atoms with Gasteiger partial charge in [0.2, 0.25) is 0 Å². The molecule has 1 aliphatic carbocycles. The van der Waals surface area contributed by atoms with Gasteiger partial charge in [-0.1, -0.05) is 29.8 Å². The van der Waals surface area contributed by atoms with Crippen LogP contribution in [-0.2, 0) is 0 Å². The monoisotopic (exact) mass is 508 g/mol. The van der Waals surface area contributed by atoms with Crippen molar-refractivity contribution in [3.8, 4) is 5.75 Å². The molecule has 176 valence electrons. The molecule has 2 aromatic carbocycles. The standard InChI is InChI=1S/C23H25ClN6O.2ClH/c1-31-16-10-11-18-17(13-16)22(28-19-3-2-4-20(19)29-23(25)26)30-21(27-18)12-7-14-5-8-15(24)9-6-14;;/h5-13,19-20H,2-4H2,1H3,(H4,25,26,29)(H,27,28,30);2*1H. The second-order valence-electron chi connectivity index (χ2n) is 7.50. The first-order chi connectivity index (χ1) is 15.0. The van der Waals surface area contributed by atoms with Crippen molar-refractivity contribution in [1.29, 1.82) is 0 Å². The van der Waals surface area contributed by atoms with Crippen LogP contribution in [0.1, 0.15) is 30.7 Å². The Kier molecular flexibility index (Phi) is 9.58. The van der Waals surface area contributed by atoms with Crippen molar-refractivity contribution >= 4 is 71.2 Å². The highest BCUT2D eigenvalue weighted by Gasteiger charge is 2.28. The van der Waals surface area contributed by atoms with Crippen molar-refractivity contribution in [2.45, 2.75) is 31.3 Å². The number of guanidine groups is 1. The van der Waals surface area contributed by atoms with Crippen LogP contribution in [-0.4, -0.2) is 35.1 Å². The molecule has 4 rings (SSSR count). The van der Waals surface area contributed by atoms with Gasteiger partial charge in [-0.15, -0.1) is 24.8 Å². The molecule has 0 amide bonds. The van der Waals surface area contributed by atoms with E-state index >= 15 is 0 Å². The van der Waals surface area contributed by atoms with Gasteiger partial charge in [0, 0.05) is 10.4 Å². The minimum atomic E-state index is 0. The SMILES string of the molecule is COc1ccc2nc(C=Cc3ccc(Cl)cc3)nc(NC3CCCC3N=C(N)N)c2c1.Cl.Cl. The van der Waals surface area contributed by atoms with Crippen molar-refractivity contribution in [3.05, 3.63) is 58.9 Å². The van der Waals surface area contributed by atoms with E-state index in [0.717, 1.165) is 47.3 Å². The van der Waals surface area contributed by atoms with E-state index in [4.69, 9.17) is 37.8 Å². The van der Waals surface area contributed by atoms with Gasteiger partial charge in [-0.25, -0.2) is 15.0 Å². The van der Waals surface area contributed by atoms with Gasteiger partial charge in [-0.2, -0.15) is 0 Å². The van der Waals surface area contributed by atoms with Crippen LogP contribution in [0.4, 0.5) is 5.82 Å². The van der Waals surface area contributed by atoms with E-state index < -0.39 is 0 Å². The molecular formula is C23H27Cl3N6O. The number of rotatable bonds is 6. The number of benzene rings is 2. The zero-order chi connectivity index (χ0) is 21.8. The van der Waals surface area contributed by atoms with Gasteiger partial charge in [-0.05, 0) is 61.2 Å². The van der Waals surface area contributed by atoms with Crippen LogP contribution in [0.5, 0.6) is 5.75 Å². The van der Waals surface area contributed by atoms with Gasteiger partial charge < -0.3 is 21.5 Å². The third kappa shape index (κ3) is 6.63. The van der Waals surface area contributed by atoms with E-state index in [2.05, 4.69) is 10.3 Å². The number of hydrogen-bond acceptors (Lipinski definition) is 5. The van der Waals surface area contributed by atoms with Gasteiger partial charge in [0.25, 0.3) is 0 Å². The first-order valence-corrected chi connectivity index (χ1v) is 10.5. The number of nitrogens with one attached hydrogen (secondary N) is 1. The molecule has 0 bridgehead atoms. The Bertz CT molecular complexity index is 1130. The van der Waals surface area contributed by atoms with Crippen molar-refractivity contribution in [1.82, 2.24) is 9.97 Å². The molecule has 7 nitrogen and oxygen atoms in total. The molecule has 2 unspecified atom stereocenters. The Hall–Kier alpha value is -2.74. The van der Waals surface area contributed by atoms with Crippen LogP contribution in [0.3, 0.4) is 0 Å². The van der Waals surface area contributed by atoms with Crippen LogP contribution < -0.4 is 21.5 Å². The first-order valence-electron chi connectivity index (χ1n) is 10.2. The van der Waals surface area contributed by atoms with Gasteiger partial charge >= 0.3 is 0 Å². The molecule has 1 aromatic heterocycles. The zero-order valence-electron chi connectivity index (χ0n) is 18.1. The van der Waals surface area contributed by atoms with Crippen LogP contribution in [0.15, 0.2) is 47.5 Å². The van der Waals surface area contributed by atoms with E-state index in [0.29, 0.717) is 10.8 Å². The summed E-state index contributed by atoms with van der Waals surface area (Å²) in [7, 11) is 1.64. The number of halogens is 3. The minimum Gasteiger partial charge on any atom is -0.497 e. The third-order valence-corrected chi connectivity index (χ3v) is 5.58. The second-order valence-corrected chi connectivity index (χ2v) is 7.94. The molecule has 0 aliphatic heterocycles. The van der Waals surface area contributed by atoms with Crippen molar-refractivity contribution < 1.29 is 4.74 Å². The Morgan fingerprint density at radius 3 is 2.55 bits per heavy atom. The predicted octanol–water partition coefficient (Wildman–Crippen LogP) is 4.91. The summed E-state index contributed by atoms with van der Waals surface area (Å²) in [5.41, 5.74) is 13.1. The number of fused-ring (bicyclic) bond motifs is 1. The Morgan fingerprint density at radius 1 is 1.09 bits per heavy atom. The van der Waals surface area contributed by atoms with Crippen LogP contribution in [0, 0.1) is 0 Å². The molecule has 0 radical (unpaired) electrons. The summed E-state index contributed by atoms with van der Waals surface area (Å²) in [6, 6.07) is 13.5. The largest absolute Gasteiger partial charge is 0.497 e. The maximum atomic E-state index is 5.97. The summed E-state index contributed by atoms with van der Waals surface area (Å²) >= 11 is 5.97. The number of nitrogens with two attached hydrogens (primary N) is 2. The molecule has 1 heterocycles. The molecule has 0 spiro atoms. The highest BCUT2D eigenvalue weighted by atomic mass is 35.5. The van der Waals surface area contributed by atoms with Crippen LogP contribution >= 0.6 is 36.4 Å². The maximum absolute atomic E-state index is 5.97. The molecule has 3 aromatic rings. The molecule has 33 heavy (non-hydrogen) atoms. The van der Waals surface area contributed by atoms with E-state index in [1.54, 1.807) is 7.11 Å². The molecule has 1 fully saturated rings. The lowest BCUT2D eigenvalue weighted by molar-refractivity contribution is 0.415.